The molecule has 0 bridgehead atoms. The minimum Gasteiger partial charge on any atom is -0.355 e. The number of rotatable bonds is 5. The molecular formula is C18H21N3O. The van der Waals surface area contributed by atoms with Crippen molar-refractivity contribution in [2.24, 2.45) is 0 Å². The van der Waals surface area contributed by atoms with Crippen LogP contribution in [0.25, 0.3) is 0 Å². The first kappa shape index (κ1) is 14.6. The van der Waals surface area contributed by atoms with Crippen LogP contribution in [0.15, 0.2) is 36.5 Å². The van der Waals surface area contributed by atoms with Crippen LogP contribution < -0.4 is 10.6 Å². The third-order valence-electron chi connectivity index (χ3n) is 3.91. The average Bonchev–Trinajstić information content (AvgIpc) is 3.33. The maximum Gasteiger partial charge on any atom is 0.270 e. The van der Waals surface area contributed by atoms with E-state index < -0.39 is 0 Å². The fourth-order valence-electron chi connectivity index (χ4n) is 2.47. The molecule has 4 nitrogen and oxygen atoms in total. The van der Waals surface area contributed by atoms with Crippen molar-refractivity contribution in [3.63, 3.8) is 0 Å². The van der Waals surface area contributed by atoms with Crippen molar-refractivity contribution in [1.82, 2.24) is 10.3 Å². The summed E-state index contributed by atoms with van der Waals surface area (Å²) in [6.45, 7) is 4.23. The molecule has 1 aliphatic rings. The van der Waals surface area contributed by atoms with E-state index in [-0.39, 0.29) is 5.91 Å². The van der Waals surface area contributed by atoms with Gasteiger partial charge >= 0.3 is 0 Å². The van der Waals surface area contributed by atoms with E-state index in [2.05, 4.69) is 47.7 Å². The Morgan fingerprint density at radius 3 is 2.86 bits per heavy atom. The van der Waals surface area contributed by atoms with Crippen molar-refractivity contribution < 1.29 is 4.79 Å². The molecule has 3 rings (SSSR count). The second-order valence-electron chi connectivity index (χ2n) is 5.77. The zero-order chi connectivity index (χ0) is 15.5. The highest BCUT2D eigenvalue weighted by Crippen LogP contribution is 2.25. The average molecular weight is 295 g/mol. The number of anilines is 2. The maximum atomic E-state index is 12.1. The predicted octanol–water partition coefficient (Wildman–Crippen LogP) is 3.59. The smallest absolute Gasteiger partial charge is 0.270 e. The molecule has 0 spiro atoms. The molecule has 114 valence electrons. The van der Waals surface area contributed by atoms with Gasteiger partial charge in [0.15, 0.2) is 0 Å². The van der Waals surface area contributed by atoms with Crippen LogP contribution in [0.1, 0.15) is 41.4 Å². The summed E-state index contributed by atoms with van der Waals surface area (Å²) in [4.78, 5) is 16.3. The first-order chi connectivity index (χ1) is 10.7. The Labute approximate surface area is 131 Å². The molecule has 22 heavy (non-hydrogen) atoms. The lowest BCUT2D eigenvalue weighted by molar-refractivity contribution is 0.0946. The van der Waals surface area contributed by atoms with Gasteiger partial charge in [0.05, 0.1) is 0 Å². The van der Waals surface area contributed by atoms with Crippen LogP contribution in [0.2, 0.25) is 0 Å². The second kappa shape index (κ2) is 6.18. The summed E-state index contributed by atoms with van der Waals surface area (Å²) in [5.41, 5.74) is 4.93. The van der Waals surface area contributed by atoms with Crippen molar-refractivity contribution in [1.29, 1.82) is 0 Å². The number of pyridine rings is 1. The molecule has 1 amide bonds. The zero-order valence-electron chi connectivity index (χ0n) is 13.0. The van der Waals surface area contributed by atoms with Gasteiger partial charge in [0, 0.05) is 23.6 Å². The van der Waals surface area contributed by atoms with Crippen molar-refractivity contribution in [2.45, 2.75) is 39.2 Å². The standard InChI is InChI=1S/C18H21N3O/c1-3-13-6-4-5-12(2)17(13)20-15-9-10-19-16(11-15)18(22)21-14-7-8-14/h4-6,9-11,14H,3,7-8H2,1-2H3,(H,19,20)(H,21,22). The van der Waals surface area contributed by atoms with Crippen LogP contribution in [0, 0.1) is 6.92 Å². The Hall–Kier alpha value is -2.36. The van der Waals surface area contributed by atoms with Crippen molar-refractivity contribution in [3.05, 3.63) is 53.3 Å². The summed E-state index contributed by atoms with van der Waals surface area (Å²) in [5.74, 6) is -0.0911. The van der Waals surface area contributed by atoms with Gasteiger partial charge < -0.3 is 10.6 Å². The van der Waals surface area contributed by atoms with E-state index in [1.54, 1.807) is 6.20 Å². The number of carbonyl (C=O) groups excluding carboxylic acids is 1. The SMILES string of the molecule is CCc1cccc(C)c1Nc1ccnc(C(=O)NC2CC2)c1. The fraction of sp³-hybridized carbons (Fsp3) is 0.333. The molecule has 1 saturated carbocycles. The summed E-state index contributed by atoms with van der Waals surface area (Å²) in [7, 11) is 0. The number of aromatic nitrogens is 1. The van der Waals surface area contributed by atoms with E-state index in [1.807, 2.05) is 12.1 Å². The van der Waals surface area contributed by atoms with Crippen molar-refractivity contribution >= 4 is 17.3 Å². The van der Waals surface area contributed by atoms with Gasteiger partial charge in [-0.05, 0) is 49.4 Å². The number of benzene rings is 1. The van der Waals surface area contributed by atoms with E-state index in [9.17, 15) is 4.79 Å². The van der Waals surface area contributed by atoms with Crippen LogP contribution in [0.4, 0.5) is 11.4 Å². The van der Waals surface area contributed by atoms with E-state index in [0.717, 1.165) is 30.6 Å². The summed E-state index contributed by atoms with van der Waals surface area (Å²) in [6.07, 6.45) is 4.79. The molecule has 2 N–H and O–H groups in total. The number of amides is 1. The molecule has 0 aliphatic heterocycles. The van der Waals surface area contributed by atoms with E-state index in [1.165, 1.54) is 11.1 Å². The predicted molar refractivity (Wildman–Crippen MR) is 88.6 cm³/mol. The molecule has 1 aliphatic carbocycles. The quantitative estimate of drug-likeness (QED) is 0.886. The van der Waals surface area contributed by atoms with Crippen molar-refractivity contribution in [2.75, 3.05) is 5.32 Å². The lowest BCUT2D eigenvalue weighted by atomic mass is 10.1. The molecule has 4 heteroatoms. The molecule has 2 aromatic rings. The van der Waals surface area contributed by atoms with E-state index in [4.69, 9.17) is 0 Å². The van der Waals surface area contributed by atoms with Gasteiger partial charge in [-0.25, -0.2) is 0 Å². The molecule has 1 aromatic heterocycles. The normalized spacial score (nSPS) is 13.7. The minimum atomic E-state index is -0.0911. The van der Waals surface area contributed by atoms with Gasteiger partial charge in [-0.1, -0.05) is 25.1 Å². The molecular weight excluding hydrogens is 274 g/mol. The highest BCUT2D eigenvalue weighted by Gasteiger charge is 2.24. The van der Waals surface area contributed by atoms with Crippen molar-refractivity contribution in [3.8, 4) is 0 Å². The van der Waals surface area contributed by atoms with E-state index >= 15 is 0 Å². The van der Waals surface area contributed by atoms with Gasteiger partial charge in [0.2, 0.25) is 0 Å². The Bertz CT molecular complexity index is 692. The number of hydrogen-bond acceptors (Lipinski definition) is 3. The zero-order valence-corrected chi connectivity index (χ0v) is 13.0. The molecule has 0 unspecified atom stereocenters. The summed E-state index contributed by atoms with van der Waals surface area (Å²) >= 11 is 0. The number of nitrogens with zero attached hydrogens (tertiary/aromatic N) is 1. The lowest BCUT2D eigenvalue weighted by Crippen LogP contribution is -2.26. The fourth-order valence-corrected chi connectivity index (χ4v) is 2.47. The molecule has 0 atom stereocenters. The maximum absolute atomic E-state index is 12.1. The van der Waals surface area contributed by atoms with Gasteiger partial charge in [0.1, 0.15) is 5.69 Å². The topological polar surface area (TPSA) is 54.0 Å². The highest BCUT2D eigenvalue weighted by atomic mass is 16.2. The minimum absolute atomic E-state index is 0.0911. The number of hydrogen-bond donors (Lipinski definition) is 2. The Kier molecular flexibility index (Phi) is 4.09. The second-order valence-corrected chi connectivity index (χ2v) is 5.77. The summed E-state index contributed by atoms with van der Waals surface area (Å²) in [5, 5.41) is 6.40. The number of nitrogens with one attached hydrogen (secondary N) is 2. The van der Waals surface area contributed by atoms with Crippen LogP contribution in [-0.4, -0.2) is 16.9 Å². The van der Waals surface area contributed by atoms with Crippen LogP contribution >= 0.6 is 0 Å². The molecule has 0 radical (unpaired) electrons. The third kappa shape index (κ3) is 3.27. The summed E-state index contributed by atoms with van der Waals surface area (Å²) in [6, 6.07) is 10.3. The number of carbonyl (C=O) groups is 1. The van der Waals surface area contributed by atoms with Crippen LogP contribution in [-0.2, 0) is 6.42 Å². The van der Waals surface area contributed by atoms with Crippen LogP contribution in [0.3, 0.4) is 0 Å². The summed E-state index contributed by atoms with van der Waals surface area (Å²) < 4.78 is 0. The van der Waals surface area contributed by atoms with Gasteiger partial charge in [-0.3, -0.25) is 9.78 Å². The van der Waals surface area contributed by atoms with Crippen LogP contribution in [0.5, 0.6) is 0 Å². The molecule has 1 aromatic carbocycles. The number of aryl methyl sites for hydroxylation is 2. The Morgan fingerprint density at radius 1 is 1.32 bits per heavy atom. The largest absolute Gasteiger partial charge is 0.355 e. The Balaban J connectivity index is 1.82. The molecule has 0 saturated heterocycles. The first-order valence-corrected chi connectivity index (χ1v) is 7.80. The molecule has 1 heterocycles. The van der Waals surface area contributed by atoms with Gasteiger partial charge in [0.25, 0.3) is 5.91 Å². The third-order valence-corrected chi connectivity index (χ3v) is 3.91. The van der Waals surface area contributed by atoms with Gasteiger partial charge in [-0.15, -0.1) is 0 Å². The lowest BCUT2D eigenvalue weighted by Gasteiger charge is -2.14. The van der Waals surface area contributed by atoms with Gasteiger partial charge in [-0.2, -0.15) is 0 Å². The Morgan fingerprint density at radius 2 is 2.14 bits per heavy atom. The van der Waals surface area contributed by atoms with E-state index in [0.29, 0.717) is 11.7 Å². The number of para-hydroxylation sites is 1. The first-order valence-electron chi connectivity index (χ1n) is 7.80. The monoisotopic (exact) mass is 295 g/mol. The molecule has 1 fully saturated rings. The highest BCUT2D eigenvalue weighted by molar-refractivity contribution is 5.93.